The quantitative estimate of drug-likeness (QED) is 0.624. The number of Topliss-reactive ketones (excluding diaryl/α,β-unsaturated/α-hetero) is 1. The van der Waals surface area contributed by atoms with E-state index < -0.39 is 0 Å². The van der Waals surface area contributed by atoms with Crippen molar-refractivity contribution in [1.82, 2.24) is 19.9 Å². The van der Waals surface area contributed by atoms with Gasteiger partial charge in [-0.25, -0.2) is 0 Å². The fraction of sp³-hybridized carbons (Fsp3) is 0.600. The number of likely N-dealkylation sites (N-methyl/N-ethyl adjacent to an activating group) is 2. The number of hydrogen-bond acceptors (Lipinski definition) is 5. The van der Waals surface area contributed by atoms with Crippen molar-refractivity contribution < 1.29 is 9.37 Å². The Labute approximate surface area is 99.5 Å². The number of rotatable bonds is 3. The van der Waals surface area contributed by atoms with Gasteiger partial charge in [-0.3, -0.25) is 14.3 Å². The molecular weight excluding hydrogens is 220 g/mol. The van der Waals surface area contributed by atoms with Crippen LogP contribution in [-0.2, 0) is 11.2 Å². The van der Waals surface area contributed by atoms with Crippen LogP contribution < -0.4 is 5.73 Å². The third-order valence-electron chi connectivity index (χ3n) is 2.81. The van der Waals surface area contributed by atoms with E-state index in [1.54, 1.807) is 10.9 Å². The van der Waals surface area contributed by atoms with E-state index in [1.165, 1.54) is 0 Å². The summed E-state index contributed by atoms with van der Waals surface area (Å²) < 4.78 is 3.80. The maximum absolute atomic E-state index is 11.2. The Morgan fingerprint density at radius 1 is 1.65 bits per heavy atom. The summed E-state index contributed by atoms with van der Waals surface area (Å²) >= 11 is 0. The largest absolute Gasteiger partial charge is 0.380 e. The molecule has 1 aliphatic rings. The molecule has 17 heavy (non-hydrogen) atoms. The number of hydrogen-bond donors (Lipinski definition) is 1. The first-order valence-corrected chi connectivity index (χ1v) is 5.54. The van der Waals surface area contributed by atoms with Crippen molar-refractivity contribution in [2.45, 2.75) is 6.42 Å². The number of nitrogens with zero attached hydrogens (tertiary/aromatic N) is 5. The van der Waals surface area contributed by atoms with Crippen LogP contribution in [0.5, 0.6) is 0 Å². The fourth-order valence-electron chi connectivity index (χ4n) is 1.89. The molecule has 0 bridgehead atoms. The molecule has 1 aromatic rings. The lowest BCUT2D eigenvalue weighted by atomic mass is 10.2. The molecule has 7 nitrogen and oxygen atoms in total. The third-order valence-corrected chi connectivity index (χ3v) is 2.81. The Kier molecular flexibility index (Phi) is 3.19. The standard InChI is InChI=1S/C10H17N6O/c1-14-3-4-15(2)10(14)16-7-8(12-13-16)5-9(17)6-11/h7H,3-6,11H2,1-2H3/q+1. The van der Waals surface area contributed by atoms with Crippen molar-refractivity contribution in [1.29, 1.82) is 0 Å². The highest BCUT2D eigenvalue weighted by atomic mass is 16.1. The van der Waals surface area contributed by atoms with Crippen LogP contribution >= 0.6 is 0 Å². The Morgan fingerprint density at radius 3 is 3.00 bits per heavy atom. The first-order valence-electron chi connectivity index (χ1n) is 5.54. The Hall–Kier alpha value is -1.76. The molecule has 0 radical (unpaired) electrons. The number of carbonyl (C=O) groups excluding carboxylic acids is 1. The minimum atomic E-state index is -0.0322. The highest BCUT2D eigenvalue weighted by Crippen LogP contribution is 2.01. The van der Waals surface area contributed by atoms with Crippen molar-refractivity contribution in [3.8, 4) is 0 Å². The van der Waals surface area contributed by atoms with Crippen molar-refractivity contribution in [2.24, 2.45) is 5.73 Å². The van der Waals surface area contributed by atoms with Crippen LogP contribution in [0.4, 0.5) is 0 Å². The predicted octanol–water partition coefficient (Wildman–Crippen LogP) is -1.86. The van der Waals surface area contributed by atoms with Gasteiger partial charge in [0.25, 0.3) is 0 Å². The normalized spacial score (nSPS) is 15.8. The first-order chi connectivity index (χ1) is 8.11. The highest BCUT2D eigenvalue weighted by Gasteiger charge is 2.27. The molecule has 2 rings (SSSR count). The van der Waals surface area contributed by atoms with Crippen LogP contribution in [0.3, 0.4) is 0 Å². The second-order valence-corrected chi connectivity index (χ2v) is 4.22. The summed E-state index contributed by atoms with van der Waals surface area (Å²) in [7, 11) is 4.01. The molecule has 7 heteroatoms. The minimum Gasteiger partial charge on any atom is -0.324 e. The molecule has 0 spiro atoms. The van der Waals surface area contributed by atoms with E-state index in [2.05, 4.69) is 19.8 Å². The van der Waals surface area contributed by atoms with Gasteiger partial charge in [0, 0.05) is 5.21 Å². The molecule has 0 aromatic carbocycles. The number of ketones is 1. The zero-order valence-corrected chi connectivity index (χ0v) is 10.1. The van der Waals surface area contributed by atoms with Gasteiger partial charge >= 0.3 is 5.96 Å². The summed E-state index contributed by atoms with van der Waals surface area (Å²) in [5, 5.41) is 8.02. The Bertz CT molecular complexity index is 463. The average molecular weight is 237 g/mol. The van der Waals surface area contributed by atoms with Gasteiger partial charge in [0.15, 0.2) is 5.78 Å². The predicted molar refractivity (Wildman–Crippen MR) is 61.9 cm³/mol. The van der Waals surface area contributed by atoms with Crippen LogP contribution in [0.1, 0.15) is 5.69 Å². The SMILES string of the molecule is CN1CC[N+](C)=C1n1cc(CC(=O)CN)nn1. The van der Waals surface area contributed by atoms with Gasteiger partial charge < -0.3 is 5.73 Å². The van der Waals surface area contributed by atoms with Crippen LogP contribution in [-0.4, -0.2) is 69.9 Å². The number of aromatic nitrogens is 3. The monoisotopic (exact) mass is 237 g/mol. The summed E-state index contributed by atoms with van der Waals surface area (Å²) in [5.41, 5.74) is 5.92. The second kappa shape index (κ2) is 4.62. The molecule has 0 saturated carbocycles. The second-order valence-electron chi connectivity index (χ2n) is 4.22. The maximum atomic E-state index is 11.2. The van der Waals surface area contributed by atoms with Crippen molar-refractivity contribution >= 4 is 11.7 Å². The Balaban J connectivity index is 2.18. The molecule has 2 heterocycles. The van der Waals surface area contributed by atoms with Crippen molar-refractivity contribution in [3.63, 3.8) is 0 Å². The molecule has 92 valence electrons. The molecule has 2 N–H and O–H groups in total. The van der Waals surface area contributed by atoms with Crippen LogP contribution in [0.15, 0.2) is 6.20 Å². The third kappa shape index (κ3) is 2.33. The highest BCUT2D eigenvalue weighted by molar-refractivity contribution is 5.82. The smallest absolute Gasteiger partial charge is 0.324 e. The maximum Gasteiger partial charge on any atom is 0.380 e. The molecular formula is C10H17N6O+. The van der Waals surface area contributed by atoms with Crippen molar-refractivity contribution in [2.75, 3.05) is 33.7 Å². The lowest BCUT2D eigenvalue weighted by Gasteiger charge is -2.04. The van der Waals surface area contributed by atoms with Gasteiger partial charge in [-0.2, -0.15) is 0 Å². The molecule has 1 aromatic heterocycles. The Morgan fingerprint density at radius 2 is 2.41 bits per heavy atom. The van der Waals surface area contributed by atoms with Gasteiger partial charge in [-0.15, -0.1) is 5.10 Å². The summed E-state index contributed by atoms with van der Waals surface area (Å²) in [4.78, 5) is 13.3. The topological polar surface area (TPSA) is 80.0 Å². The molecule has 0 saturated heterocycles. The van der Waals surface area contributed by atoms with Gasteiger partial charge in [-0.1, -0.05) is 4.68 Å². The summed E-state index contributed by atoms with van der Waals surface area (Å²) in [5.74, 6) is 0.944. The molecule has 0 amide bonds. The van der Waals surface area contributed by atoms with Gasteiger partial charge in [0.1, 0.15) is 11.9 Å². The lowest BCUT2D eigenvalue weighted by molar-refractivity contribution is -0.488. The van der Waals surface area contributed by atoms with Gasteiger partial charge in [-0.05, 0) is 0 Å². The van der Waals surface area contributed by atoms with Crippen LogP contribution in [0, 0.1) is 0 Å². The van der Waals surface area contributed by atoms with E-state index in [9.17, 15) is 4.79 Å². The van der Waals surface area contributed by atoms with E-state index in [1.807, 2.05) is 14.1 Å². The number of carbonyl (C=O) groups is 1. The summed E-state index contributed by atoms with van der Waals surface area (Å²) in [6, 6.07) is 0. The molecule has 0 aliphatic carbocycles. The summed E-state index contributed by atoms with van der Waals surface area (Å²) in [6.07, 6.45) is 2.03. The molecule has 0 fully saturated rings. The van der Waals surface area contributed by atoms with E-state index in [4.69, 9.17) is 5.73 Å². The van der Waals surface area contributed by atoms with E-state index in [0.29, 0.717) is 5.69 Å². The molecule has 0 atom stereocenters. The average Bonchev–Trinajstić information content (AvgIpc) is 2.86. The number of nitrogens with two attached hydrogens (primary N) is 1. The van der Waals surface area contributed by atoms with Gasteiger partial charge in [0.2, 0.25) is 0 Å². The summed E-state index contributed by atoms with van der Waals surface area (Å²) in [6.45, 7) is 1.97. The molecule has 0 unspecified atom stereocenters. The molecule has 1 aliphatic heterocycles. The fourth-order valence-corrected chi connectivity index (χ4v) is 1.89. The minimum absolute atomic E-state index is 0.0322. The van der Waals surface area contributed by atoms with E-state index in [0.717, 1.165) is 19.0 Å². The lowest BCUT2D eigenvalue weighted by Crippen LogP contribution is -2.32. The zero-order chi connectivity index (χ0) is 12.4. The van der Waals surface area contributed by atoms with Crippen LogP contribution in [0.2, 0.25) is 0 Å². The van der Waals surface area contributed by atoms with Gasteiger partial charge in [0.05, 0.1) is 40.2 Å². The van der Waals surface area contributed by atoms with Crippen molar-refractivity contribution in [3.05, 3.63) is 11.9 Å². The van der Waals surface area contributed by atoms with E-state index in [-0.39, 0.29) is 18.7 Å². The zero-order valence-electron chi connectivity index (χ0n) is 10.1. The first kappa shape index (κ1) is 11.7. The van der Waals surface area contributed by atoms with Crippen LogP contribution in [0.25, 0.3) is 0 Å². The van der Waals surface area contributed by atoms with E-state index >= 15 is 0 Å².